The molecule has 1 saturated carbocycles. The average molecular weight is 336 g/mol. The Kier molecular flexibility index (Phi) is 4.32. The topological polar surface area (TPSA) is 68.3 Å². The van der Waals surface area contributed by atoms with Gasteiger partial charge in [-0.05, 0) is 42.7 Å². The lowest BCUT2D eigenvalue weighted by Gasteiger charge is -2.11. The Labute approximate surface area is 134 Å². The monoisotopic (exact) mass is 336 g/mol. The second-order valence-corrected chi connectivity index (χ2v) is 7.22. The smallest absolute Gasteiger partial charge is 0.244 e. The second kappa shape index (κ2) is 6.25. The van der Waals surface area contributed by atoms with Crippen LogP contribution in [-0.2, 0) is 16.6 Å². The largest absolute Gasteiger partial charge is 0.495 e. The molecular formula is C16H17FN2O3S. The van der Waals surface area contributed by atoms with Crippen LogP contribution in [0.4, 0.5) is 4.39 Å². The number of nitrogens with zero attached hydrogens (tertiary/aromatic N) is 1. The Morgan fingerprint density at radius 3 is 2.70 bits per heavy atom. The number of pyridine rings is 1. The third kappa shape index (κ3) is 3.68. The van der Waals surface area contributed by atoms with Gasteiger partial charge in [0.2, 0.25) is 10.0 Å². The summed E-state index contributed by atoms with van der Waals surface area (Å²) in [5.74, 6) is 0.0139. The summed E-state index contributed by atoms with van der Waals surface area (Å²) in [4.78, 5) is 4.12. The van der Waals surface area contributed by atoms with Gasteiger partial charge in [0.1, 0.15) is 16.5 Å². The zero-order valence-corrected chi connectivity index (χ0v) is 13.4. The van der Waals surface area contributed by atoms with Crippen molar-refractivity contribution >= 4 is 10.0 Å². The first-order chi connectivity index (χ1) is 11.0. The van der Waals surface area contributed by atoms with E-state index in [0.717, 1.165) is 23.4 Å². The summed E-state index contributed by atoms with van der Waals surface area (Å²) in [6.45, 7) is 0.0833. The summed E-state index contributed by atoms with van der Waals surface area (Å²) in [7, 11) is -2.54. The SMILES string of the molecule is COc1ccc(F)cc1S(=O)(=O)NCc1ccc(C2CC2)nc1. The molecule has 0 aliphatic heterocycles. The highest BCUT2D eigenvalue weighted by atomic mass is 32.2. The molecule has 0 radical (unpaired) electrons. The van der Waals surface area contributed by atoms with Crippen molar-refractivity contribution < 1.29 is 17.5 Å². The van der Waals surface area contributed by atoms with Crippen LogP contribution < -0.4 is 9.46 Å². The van der Waals surface area contributed by atoms with Gasteiger partial charge in [0, 0.05) is 24.4 Å². The van der Waals surface area contributed by atoms with E-state index < -0.39 is 15.8 Å². The van der Waals surface area contributed by atoms with E-state index in [0.29, 0.717) is 5.92 Å². The number of halogens is 1. The summed E-state index contributed by atoms with van der Waals surface area (Å²) in [6.07, 6.45) is 4.00. The molecule has 1 aromatic heterocycles. The highest BCUT2D eigenvalue weighted by Gasteiger charge is 2.24. The van der Waals surface area contributed by atoms with Crippen molar-refractivity contribution in [1.29, 1.82) is 0 Å². The molecule has 0 saturated heterocycles. The maximum absolute atomic E-state index is 13.3. The quantitative estimate of drug-likeness (QED) is 0.880. The molecule has 0 spiro atoms. The fourth-order valence-corrected chi connectivity index (χ4v) is 3.47. The first-order valence-corrected chi connectivity index (χ1v) is 8.76. The van der Waals surface area contributed by atoms with Gasteiger partial charge in [0.25, 0.3) is 0 Å². The Morgan fingerprint density at radius 1 is 1.30 bits per heavy atom. The van der Waals surface area contributed by atoms with Crippen LogP contribution in [0.25, 0.3) is 0 Å². The molecule has 0 bridgehead atoms. The Balaban J connectivity index is 1.74. The number of rotatable bonds is 6. The lowest BCUT2D eigenvalue weighted by molar-refractivity contribution is 0.400. The van der Waals surface area contributed by atoms with Gasteiger partial charge in [0.05, 0.1) is 7.11 Å². The molecule has 2 aromatic rings. The van der Waals surface area contributed by atoms with Gasteiger partial charge >= 0.3 is 0 Å². The van der Waals surface area contributed by atoms with Gasteiger partial charge in [-0.3, -0.25) is 4.98 Å². The maximum Gasteiger partial charge on any atom is 0.244 e. The van der Waals surface area contributed by atoms with E-state index in [-0.39, 0.29) is 17.2 Å². The zero-order chi connectivity index (χ0) is 16.4. The highest BCUT2D eigenvalue weighted by molar-refractivity contribution is 7.89. The molecule has 5 nitrogen and oxygen atoms in total. The number of ether oxygens (including phenoxy) is 1. The van der Waals surface area contributed by atoms with Crippen LogP contribution >= 0.6 is 0 Å². The molecule has 7 heteroatoms. The predicted octanol–water partition coefficient (Wildman–Crippen LogP) is 2.59. The van der Waals surface area contributed by atoms with Crippen LogP contribution in [0.2, 0.25) is 0 Å². The van der Waals surface area contributed by atoms with E-state index in [2.05, 4.69) is 9.71 Å². The molecule has 1 aliphatic carbocycles. The molecular weight excluding hydrogens is 319 g/mol. The molecule has 1 aromatic carbocycles. The van der Waals surface area contributed by atoms with Crippen LogP contribution in [0, 0.1) is 5.82 Å². The van der Waals surface area contributed by atoms with Gasteiger partial charge in [-0.2, -0.15) is 0 Å². The van der Waals surface area contributed by atoms with Crippen LogP contribution in [0.5, 0.6) is 5.75 Å². The van der Waals surface area contributed by atoms with Crippen LogP contribution in [0.15, 0.2) is 41.4 Å². The van der Waals surface area contributed by atoms with Crippen molar-refractivity contribution in [3.63, 3.8) is 0 Å². The third-order valence-electron chi connectivity index (χ3n) is 3.72. The standard InChI is InChI=1S/C16H17FN2O3S/c1-22-15-7-5-13(17)8-16(15)23(20,21)19-10-11-2-6-14(18-9-11)12-3-4-12/h2,5-9,12,19H,3-4,10H2,1H3. The summed E-state index contributed by atoms with van der Waals surface area (Å²) in [6, 6.07) is 7.15. The maximum atomic E-state index is 13.3. The molecule has 122 valence electrons. The van der Waals surface area contributed by atoms with Crippen molar-refractivity contribution in [2.75, 3.05) is 7.11 Å². The summed E-state index contributed by atoms with van der Waals surface area (Å²) in [5.41, 5.74) is 1.79. The molecule has 23 heavy (non-hydrogen) atoms. The fourth-order valence-electron chi connectivity index (χ4n) is 2.28. The molecule has 1 heterocycles. The summed E-state index contributed by atoms with van der Waals surface area (Å²) in [5, 5.41) is 0. The van der Waals surface area contributed by atoms with E-state index >= 15 is 0 Å². The number of aromatic nitrogens is 1. The van der Waals surface area contributed by atoms with Crippen molar-refractivity contribution in [2.24, 2.45) is 0 Å². The second-order valence-electron chi connectivity index (χ2n) is 5.49. The number of nitrogens with one attached hydrogen (secondary N) is 1. The van der Waals surface area contributed by atoms with Crippen molar-refractivity contribution in [3.05, 3.63) is 53.6 Å². The van der Waals surface area contributed by atoms with Crippen molar-refractivity contribution in [1.82, 2.24) is 9.71 Å². The Morgan fingerprint density at radius 2 is 2.09 bits per heavy atom. The van der Waals surface area contributed by atoms with Crippen LogP contribution in [0.3, 0.4) is 0 Å². The molecule has 1 aliphatic rings. The summed E-state index contributed by atoms with van der Waals surface area (Å²) < 4.78 is 45.5. The number of hydrogen-bond donors (Lipinski definition) is 1. The minimum Gasteiger partial charge on any atom is -0.495 e. The van der Waals surface area contributed by atoms with Crippen molar-refractivity contribution in [2.45, 2.75) is 30.2 Å². The Bertz CT molecular complexity index is 803. The van der Waals surface area contributed by atoms with Crippen LogP contribution in [-0.4, -0.2) is 20.5 Å². The normalized spacial score (nSPS) is 14.7. The molecule has 1 fully saturated rings. The first-order valence-electron chi connectivity index (χ1n) is 7.27. The van der Waals surface area contributed by atoms with Gasteiger partial charge in [0.15, 0.2) is 0 Å². The molecule has 0 atom stereocenters. The lowest BCUT2D eigenvalue weighted by atomic mass is 10.2. The van der Waals surface area contributed by atoms with Gasteiger partial charge < -0.3 is 4.74 Å². The highest BCUT2D eigenvalue weighted by Crippen LogP contribution is 2.38. The third-order valence-corrected chi connectivity index (χ3v) is 5.15. The minimum absolute atomic E-state index is 0.0833. The fraction of sp³-hybridized carbons (Fsp3) is 0.312. The van der Waals surface area contributed by atoms with Crippen LogP contribution in [0.1, 0.15) is 30.0 Å². The van der Waals surface area contributed by atoms with E-state index in [1.807, 2.05) is 12.1 Å². The first kappa shape index (κ1) is 15.9. The predicted molar refractivity (Wildman–Crippen MR) is 83.2 cm³/mol. The summed E-state index contributed by atoms with van der Waals surface area (Å²) >= 11 is 0. The average Bonchev–Trinajstić information content (AvgIpc) is 3.38. The molecule has 3 rings (SSSR count). The number of methoxy groups -OCH3 is 1. The van der Waals surface area contributed by atoms with E-state index in [1.54, 1.807) is 6.20 Å². The minimum atomic E-state index is -3.88. The molecule has 0 unspecified atom stereocenters. The van der Waals surface area contributed by atoms with Gasteiger partial charge in [-0.1, -0.05) is 6.07 Å². The number of benzene rings is 1. The van der Waals surface area contributed by atoms with E-state index in [9.17, 15) is 12.8 Å². The van der Waals surface area contributed by atoms with Gasteiger partial charge in [-0.25, -0.2) is 17.5 Å². The zero-order valence-electron chi connectivity index (χ0n) is 12.6. The molecule has 0 amide bonds. The lowest BCUT2D eigenvalue weighted by Crippen LogP contribution is -2.24. The van der Waals surface area contributed by atoms with E-state index in [4.69, 9.17) is 4.74 Å². The number of hydrogen-bond acceptors (Lipinski definition) is 4. The van der Waals surface area contributed by atoms with Gasteiger partial charge in [-0.15, -0.1) is 0 Å². The Hall–Kier alpha value is -1.99. The molecule has 1 N–H and O–H groups in total. The van der Waals surface area contributed by atoms with E-state index in [1.165, 1.54) is 26.0 Å². The number of sulfonamides is 1. The van der Waals surface area contributed by atoms with Crippen molar-refractivity contribution in [3.8, 4) is 5.75 Å².